The van der Waals surface area contributed by atoms with Gasteiger partial charge in [0.2, 0.25) is 17.3 Å². The molecule has 4 rings (SSSR count). The van der Waals surface area contributed by atoms with Crippen LogP contribution in [0.2, 0.25) is 0 Å². The number of carboxylic acids is 2. The lowest BCUT2D eigenvalue weighted by molar-refractivity contribution is -0.385. The van der Waals surface area contributed by atoms with Gasteiger partial charge in [0.25, 0.3) is 0 Å². The number of nitrogens with zero attached hydrogens (tertiary/aromatic N) is 1. The molecule has 0 aliphatic carbocycles. The van der Waals surface area contributed by atoms with Crippen LogP contribution in [0.15, 0.2) is 69.5 Å². The van der Waals surface area contributed by atoms with Crippen LogP contribution in [0.1, 0.15) is 21.1 Å². The fraction of sp³-hybridized carbons (Fsp3) is 0.0833. The number of ether oxygens (including phenoxy) is 2. The van der Waals surface area contributed by atoms with Gasteiger partial charge in [-0.25, -0.2) is 9.59 Å². The average Bonchev–Trinajstić information content (AvgIpc) is 3.54. The molecule has 4 N–H and O–H groups in total. The van der Waals surface area contributed by atoms with Gasteiger partial charge in [0.15, 0.2) is 5.75 Å². The number of rotatable bonds is 7. The van der Waals surface area contributed by atoms with E-state index < -0.39 is 16.9 Å². The maximum absolute atomic E-state index is 10.9. The Bertz CT molecular complexity index is 1420. The van der Waals surface area contributed by atoms with E-state index >= 15 is 0 Å². The molecule has 0 amide bonds. The molecule has 0 saturated carbocycles. The molecule has 0 aliphatic heterocycles. The van der Waals surface area contributed by atoms with E-state index in [0.29, 0.717) is 28.3 Å². The average molecular weight is 496 g/mol. The number of furan rings is 2. The third-order valence-corrected chi connectivity index (χ3v) is 4.81. The van der Waals surface area contributed by atoms with Gasteiger partial charge in [-0.3, -0.25) is 10.1 Å². The predicted octanol–water partition coefficient (Wildman–Crippen LogP) is 4.80. The molecular formula is C24H20N2O10. The quantitative estimate of drug-likeness (QED) is 0.181. The summed E-state index contributed by atoms with van der Waals surface area (Å²) in [7, 11) is 2.79. The Morgan fingerprint density at radius 1 is 0.806 bits per heavy atom. The molecule has 4 aromatic rings. The lowest BCUT2D eigenvalue weighted by Gasteiger charge is -2.08. The lowest BCUT2D eigenvalue weighted by atomic mass is 10.1. The van der Waals surface area contributed by atoms with Gasteiger partial charge in [-0.1, -0.05) is 12.1 Å². The summed E-state index contributed by atoms with van der Waals surface area (Å²) < 4.78 is 20.5. The van der Waals surface area contributed by atoms with Gasteiger partial charge in [-0.2, -0.15) is 0 Å². The highest BCUT2D eigenvalue weighted by Gasteiger charge is 2.22. The van der Waals surface area contributed by atoms with Gasteiger partial charge in [-0.05, 0) is 42.5 Å². The van der Waals surface area contributed by atoms with Gasteiger partial charge >= 0.3 is 17.6 Å². The number of carbonyl (C=O) groups is 2. The molecule has 0 radical (unpaired) electrons. The Morgan fingerprint density at radius 3 is 1.69 bits per heavy atom. The number of para-hydroxylation sites is 2. The maximum Gasteiger partial charge on any atom is 0.371 e. The molecule has 36 heavy (non-hydrogen) atoms. The van der Waals surface area contributed by atoms with E-state index in [4.69, 9.17) is 34.3 Å². The summed E-state index contributed by atoms with van der Waals surface area (Å²) in [4.78, 5) is 31.8. The van der Waals surface area contributed by atoms with E-state index in [-0.39, 0.29) is 28.7 Å². The van der Waals surface area contributed by atoms with Gasteiger partial charge in [-0.15, -0.1) is 0 Å². The van der Waals surface area contributed by atoms with Crippen LogP contribution in [0.5, 0.6) is 11.5 Å². The van der Waals surface area contributed by atoms with E-state index in [0.717, 1.165) is 0 Å². The molecule has 2 aromatic heterocycles. The molecule has 2 aromatic carbocycles. The highest BCUT2D eigenvalue weighted by atomic mass is 16.6. The van der Waals surface area contributed by atoms with Gasteiger partial charge in [0.05, 0.1) is 36.0 Å². The number of aromatic carboxylic acids is 2. The van der Waals surface area contributed by atoms with Crippen molar-refractivity contribution >= 4 is 23.3 Å². The van der Waals surface area contributed by atoms with Crippen LogP contribution in [0.3, 0.4) is 0 Å². The fourth-order valence-electron chi connectivity index (χ4n) is 3.25. The van der Waals surface area contributed by atoms with Gasteiger partial charge < -0.3 is 34.3 Å². The van der Waals surface area contributed by atoms with Crippen LogP contribution in [0.4, 0.5) is 11.4 Å². The highest BCUT2D eigenvalue weighted by Crippen LogP contribution is 2.38. The number of nitro groups is 1. The SMILES string of the molecule is COc1c(-c2ccc(C(=O)O)o2)cccc1[N+](=O)[O-].COc1c(N)cccc1-c1ccc(C(=O)O)o1. The first-order valence-corrected chi connectivity index (χ1v) is 10.1. The Labute approximate surface area is 203 Å². The largest absolute Gasteiger partial charge is 0.494 e. The summed E-state index contributed by atoms with van der Waals surface area (Å²) in [5.74, 6) is -1.59. The number of nitrogen functional groups attached to an aromatic ring is 1. The number of benzene rings is 2. The van der Waals surface area contributed by atoms with E-state index in [9.17, 15) is 19.7 Å². The van der Waals surface area contributed by atoms with Crippen LogP contribution in [0.25, 0.3) is 22.6 Å². The van der Waals surface area contributed by atoms with Crippen molar-refractivity contribution in [2.45, 2.75) is 0 Å². The normalized spacial score (nSPS) is 10.2. The van der Waals surface area contributed by atoms with Crippen molar-refractivity contribution in [1.82, 2.24) is 0 Å². The highest BCUT2D eigenvalue weighted by molar-refractivity contribution is 5.86. The molecule has 0 spiro atoms. The van der Waals surface area contributed by atoms with Crippen molar-refractivity contribution in [3.63, 3.8) is 0 Å². The first-order valence-electron chi connectivity index (χ1n) is 10.1. The number of hydrogen-bond donors (Lipinski definition) is 3. The zero-order valence-electron chi connectivity index (χ0n) is 19.0. The van der Waals surface area contributed by atoms with Gasteiger partial charge in [0.1, 0.15) is 11.5 Å². The zero-order chi connectivity index (χ0) is 26.4. The standard InChI is InChI=1S/C12H9NO6.C12H11NO4/c1-18-11-7(3-2-4-8(11)13(16)17)9-5-6-10(19-9)12(14)15;1-16-11-7(3-2-4-8(11)13)9-5-6-10(17-9)12(14)15/h2-6H,1H3,(H,14,15);2-6H,13H2,1H3,(H,14,15). The van der Waals surface area contributed by atoms with Crippen molar-refractivity contribution in [3.8, 4) is 34.1 Å². The second-order valence-corrected chi connectivity index (χ2v) is 6.98. The molecule has 12 heteroatoms. The van der Waals surface area contributed by atoms with Crippen molar-refractivity contribution in [2.24, 2.45) is 0 Å². The first kappa shape index (κ1) is 25.4. The molecule has 0 fully saturated rings. The lowest BCUT2D eigenvalue weighted by Crippen LogP contribution is -1.95. The number of anilines is 1. The van der Waals surface area contributed by atoms with Crippen molar-refractivity contribution in [3.05, 3.63) is 82.3 Å². The number of methoxy groups -OCH3 is 2. The predicted molar refractivity (Wildman–Crippen MR) is 126 cm³/mol. The number of hydrogen-bond acceptors (Lipinski definition) is 9. The van der Waals surface area contributed by atoms with Crippen LogP contribution in [-0.2, 0) is 0 Å². The number of carboxylic acid groups (broad SMARTS) is 2. The van der Waals surface area contributed by atoms with Crippen LogP contribution >= 0.6 is 0 Å². The molecule has 0 saturated heterocycles. The molecular weight excluding hydrogens is 476 g/mol. The molecule has 0 unspecified atom stereocenters. The zero-order valence-corrected chi connectivity index (χ0v) is 19.0. The summed E-state index contributed by atoms with van der Waals surface area (Å²) in [5.41, 5.74) is 6.96. The van der Waals surface area contributed by atoms with E-state index in [2.05, 4.69) is 0 Å². The van der Waals surface area contributed by atoms with Crippen molar-refractivity contribution in [2.75, 3.05) is 20.0 Å². The topological polar surface area (TPSA) is 188 Å². The first-order chi connectivity index (χ1) is 17.2. The molecule has 0 atom stereocenters. The Morgan fingerprint density at radius 2 is 1.28 bits per heavy atom. The second-order valence-electron chi connectivity index (χ2n) is 6.98. The third-order valence-electron chi connectivity index (χ3n) is 4.81. The van der Waals surface area contributed by atoms with E-state index in [1.165, 1.54) is 44.6 Å². The maximum atomic E-state index is 10.9. The van der Waals surface area contributed by atoms with Crippen LogP contribution in [0, 0.1) is 10.1 Å². The summed E-state index contributed by atoms with van der Waals surface area (Å²) in [6.07, 6.45) is 0. The minimum Gasteiger partial charge on any atom is -0.494 e. The summed E-state index contributed by atoms with van der Waals surface area (Å²) in [6.45, 7) is 0. The molecule has 0 aliphatic rings. The summed E-state index contributed by atoms with van der Waals surface area (Å²) in [5, 5.41) is 28.4. The van der Waals surface area contributed by atoms with E-state index in [1.54, 1.807) is 30.3 Å². The van der Waals surface area contributed by atoms with Crippen molar-refractivity contribution < 1.29 is 43.0 Å². The summed E-state index contributed by atoms with van der Waals surface area (Å²) in [6, 6.07) is 15.2. The smallest absolute Gasteiger partial charge is 0.371 e. The second kappa shape index (κ2) is 10.8. The monoisotopic (exact) mass is 496 g/mol. The van der Waals surface area contributed by atoms with Gasteiger partial charge in [0, 0.05) is 6.07 Å². The minimum absolute atomic E-state index is 0.0267. The van der Waals surface area contributed by atoms with Crippen LogP contribution < -0.4 is 15.2 Å². The Kier molecular flexibility index (Phi) is 7.59. The molecule has 12 nitrogen and oxygen atoms in total. The Balaban J connectivity index is 0.000000202. The van der Waals surface area contributed by atoms with E-state index in [1.807, 2.05) is 0 Å². The molecule has 186 valence electrons. The number of nitro benzene ring substituents is 1. The summed E-state index contributed by atoms with van der Waals surface area (Å²) >= 11 is 0. The third kappa shape index (κ3) is 5.28. The molecule has 2 heterocycles. The molecule has 0 bridgehead atoms. The fourth-order valence-corrected chi connectivity index (χ4v) is 3.25. The number of nitrogens with two attached hydrogens (primary N) is 1. The van der Waals surface area contributed by atoms with Crippen LogP contribution in [-0.4, -0.2) is 41.3 Å². The Hall–Kier alpha value is -5.26. The minimum atomic E-state index is -1.21. The van der Waals surface area contributed by atoms with Crippen molar-refractivity contribution in [1.29, 1.82) is 0 Å².